The van der Waals surface area contributed by atoms with Gasteiger partial charge in [-0.1, -0.05) is 19.1 Å². The van der Waals surface area contributed by atoms with Gasteiger partial charge in [-0.05, 0) is 31.0 Å². The highest BCUT2D eigenvalue weighted by Gasteiger charge is 2.18. The van der Waals surface area contributed by atoms with Gasteiger partial charge >= 0.3 is 0 Å². The standard InChI is InChI=1S/C16H20FN3OS/c1-9-4-5-12(7-14(9)17)6-13-8-19-16(22-13)20-15(21)10(2)11(3)18/h4-5,7-8,10-11H,6,18H2,1-3H3,(H,19,20,21). The van der Waals surface area contributed by atoms with Crippen molar-refractivity contribution in [2.75, 3.05) is 5.32 Å². The second-order valence-electron chi connectivity index (χ2n) is 5.53. The maximum atomic E-state index is 13.5. The summed E-state index contributed by atoms with van der Waals surface area (Å²) in [6, 6.07) is 4.98. The third-order valence-electron chi connectivity index (χ3n) is 3.60. The van der Waals surface area contributed by atoms with E-state index in [2.05, 4.69) is 10.3 Å². The van der Waals surface area contributed by atoms with Crippen LogP contribution >= 0.6 is 11.3 Å². The monoisotopic (exact) mass is 321 g/mol. The van der Waals surface area contributed by atoms with Gasteiger partial charge in [0.25, 0.3) is 0 Å². The lowest BCUT2D eigenvalue weighted by molar-refractivity contribution is -0.119. The second-order valence-corrected chi connectivity index (χ2v) is 6.64. The third kappa shape index (κ3) is 4.11. The quantitative estimate of drug-likeness (QED) is 0.889. The number of aromatic nitrogens is 1. The fourth-order valence-electron chi connectivity index (χ4n) is 1.85. The lowest BCUT2D eigenvalue weighted by Gasteiger charge is -2.13. The van der Waals surface area contributed by atoms with Gasteiger partial charge in [0.1, 0.15) is 5.82 Å². The SMILES string of the molecule is Cc1ccc(Cc2cnc(NC(=O)C(C)C(C)N)s2)cc1F. The average molecular weight is 321 g/mol. The van der Waals surface area contributed by atoms with Crippen molar-refractivity contribution in [3.63, 3.8) is 0 Å². The summed E-state index contributed by atoms with van der Waals surface area (Å²) in [6.45, 7) is 5.31. The molecule has 0 saturated heterocycles. The molecule has 0 radical (unpaired) electrons. The highest BCUT2D eigenvalue weighted by Crippen LogP contribution is 2.22. The number of rotatable bonds is 5. The molecule has 0 aliphatic heterocycles. The van der Waals surface area contributed by atoms with Crippen LogP contribution in [0.15, 0.2) is 24.4 Å². The predicted octanol–water partition coefficient (Wildman–Crippen LogP) is 3.10. The van der Waals surface area contributed by atoms with Gasteiger partial charge in [0, 0.05) is 23.5 Å². The van der Waals surface area contributed by atoms with Crippen molar-refractivity contribution in [3.8, 4) is 0 Å². The van der Waals surface area contributed by atoms with Gasteiger partial charge < -0.3 is 11.1 Å². The fraction of sp³-hybridized carbons (Fsp3) is 0.375. The molecule has 0 aliphatic rings. The molecule has 22 heavy (non-hydrogen) atoms. The zero-order valence-electron chi connectivity index (χ0n) is 12.9. The van der Waals surface area contributed by atoms with Crippen LogP contribution in [0.1, 0.15) is 29.9 Å². The van der Waals surface area contributed by atoms with Crippen LogP contribution in [0.3, 0.4) is 0 Å². The van der Waals surface area contributed by atoms with Crippen molar-refractivity contribution in [1.29, 1.82) is 0 Å². The number of hydrogen-bond acceptors (Lipinski definition) is 4. The Morgan fingerprint density at radius 2 is 2.18 bits per heavy atom. The number of amides is 1. The molecule has 6 heteroatoms. The number of halogens is 1. The molecule has 1 heterocycles. The van der Waals surface area contributed by atoms with E-state index in [1.807, 2.05) is 6.07 Å². The smallest absolute Gasteiger partial charge is 0.230 e. The van der Waals surface area contributed by atoms with Gasteiger partial charge in [0.05, 0.1) is 5.92 Å². The Labute approximate surface area is 133 Å². The van der Waals surface area contributed by atoms with Crippen molar-refractivity contribution < 1.29 is 9.18 Å². The molecule has 1 aromatic carbocycles. The Hall–Kier alpha value is -1.79. The molecule has 1 aromatic heterocycles. The molecule has 1 amide bonds. The summed E-state index contributed by atoms with van der Waals surface area (Å²) in [5, 5.41) is 3.31. The number of carbonyl (C=O) groups is 1. The highest BCUT2D eigenvalue weighted by molar-refractivity contribution is 7.15. The highest BCUT2D eigenvalue weighted by atomic mass is 32.1. The molecule has 4 nitrogen and oxygen atoms in total. The topological polar surface area (TPSA) is 68.0 Å². The summed E-state index contributed by atoms with van der Waals surface area (Å²) in [6.07, 6.45) is 2.29. The summed E-state index contributed by atoms with van der Waals surface area (Å²) >= 11 is 1.39. The minimum absolute atomic E-state index is 0.141. The normalized spacial score (nSPS) is 13.7. The van der Waals surface area contributed by atoms with Crippen LogP contribution in [-0.4, -0.2) is 16.9 Å². The van der Waals surface area contributed by atoms with Crippen molar-refractivity contribution in [2.24, 2.45) is 11.7 Å². The second kappa shape index (κ2) is 6.98. The van der Waals surface area contributed by atoms with Gasteiger partial charge in [0.15, 0.2) is 5.13 Å². The van der Waals surface area contributed by atoms with Gasteiger partial charge in [0.2, 0.25) is 5.91 Å². The average Bonchev–Trinajstić information content (AvgIpc) is 2.89. The Morgan fingerprint density at radius 3 is 2.82 bits per heavy atom. The molecule has 2 rings (SSSR count). The lowest BCUT2D eigenvalue weighted by atomic mass is 10.0. The number of benzene rings is 1. The minimum atomic E-state index is -0.279. The minimum Gasteiger partial charge on any atom is -0.327 e. The predicted molar refractivity (Wildman–Crippen MR) is 87.5 cm³/mol. The molecule has 0 bridgehead atoms. The third-order valence-corrected chi connectivity index (χ3v) is 4.51. The number of aryl methyl sites for hydroxylation is 1. The van der Waals surface area contributed by atoms with E-state index in [0.29, 0.717) is 17.1 Å². The first-order valence-corrected chi connectivity index (χ1v) is 7.94. The molecule has 118 valence electrons. The largest absolute Gasteiger partial charge is 0.327 e. The Morgan fingerprint density at radius 1 is 1.45 bits per heavy atom. The van der Waals surface area contributed by atoms with Gasteiger partial charge in [-0.25, -0.2) is 9.37 Å². The summed E-state index contributed by atoms with van der Waals surface area (Å²) in [4.78, 5) is 17.1. The molecule has 3 N–H and O–H groups in total. The maximum Gasteiger partial charge on any atom is 0.230 e. The van der Waals surface area contributed by atoms with E-state index in [-0.39, 0.29) is 23.7 Å². The van der Waals surface area contributed by atoms with E-state index >= 15 is 0 Å². The summed E-state index contributed by atoms with van der Waals surface area (Å²) < 4.78 is 13.5. The number of carbonyl (C=O) groups excluding carboxylic acids is 1. The van der Waals surface area contributed by atoms with E-state index in [1.165, 1.54) is 17.4 Å². The molecule has 2 unspecified atom stereocenters. The lowest BCUT2D eigenvalue weighted by Crippen LogP contribution is -2.34. The van der Waals surface area contributed by atoms with E-state index in [1.54, 1.807) is 33.0 Å². The number of thiazole rings is 1. The maximum absolute atomic E-state index is 13.5. The molecule has 0 spiro atoms. The van der Waals surface area contributed by atoms with Crippen LogP contribution in [0.25, 0.3) is 0 Å². The van der Waals surface area contributed by atoms with E-state index in [0.717, 1.165) is 10.4 Å². The van der Waals surface area contributed by atoms with Crippen LogP contribution in [0.5, 0.6) is 0 Å². The van der Waals surface area contributed by atoms with E-state index < -0.39 is 0 Å². The van der Waals surface area contributed by atoms with Gasteiger partial charge in [-0.15, -0.1) is 11.3 Å². The number of nitrogens with zero attached hydrogens (tertiary/aromatic N) is 1. The first-order valence-electron chi connectivity index (χ1n) is 7.13. The molecular formula is C16H20FN3OS. The molecule has 2 aromatic rings. The van der Waals surface area contributed by atoms with Crippen LogP contribution in [0.4, 0.5) is 9.52 Å². The van der Waals surface area contributed by atoms with E-state index in [9.17, 15) is 9.18 Å². The molecule has 2 atom stereocenters. The van der Waals surface area contributed by atoms with Gasteiger partial charge in [-0.3, -0.25) is 4.79 Å². The Bertz CT molecular complexity index is 669. The fourth-order valence-corrected chi connectivity index (χ4v) is 2.70. The zero-order chi connectivity index (χ0) is 16.3. The Balaban J connectivity index is 2.02. The van der Waals surface area contributed by atoms with Crippen molar-refractivity contribution in [3.05, 3.63) is 46.2 Å². The van der Waals surface area contributed by atoms with Crippen molar-refractivity contribution >= 4 is 22.4 Å². The summed E-state index contributed by atoms with van der Waals surface area (Å²) in [7, 11) is 0. The first-order chi connectivity index (χ1) is 10.4. The van der Waals surface area contributed by atoms with Gasteiger partial charge in [-0.2, -0.15) is 0 Å². The number of nitrogens with one attached hydrogen (secondary N) is 1. The van der Waals surface area contributed by atoms with Crippen LogP contribution < -0.4 is 11.1 Å². The van der Waals surface area contributed by atoms with Crippen molar-refractivity contribution in [1.82, 2.24) is 4.98 Å². The molecule has 0 saturated carbocycles. The summed E-state index contributed by atoms with van der Waals surface area (Å²) in [5.74, 6) is -0.628. The molecule has 0 fully saturated rings. The zero-order valence-corrected chi connectivity index (χ0v) is 13.7. The van der Waals surface area contributed by atoms with Crippen LogP contribution in [-0.2, 0) is 11.2 Å². The number of anilines is 1. The van der Waals surface area contributed by atoms with Crippen molar-refractivity contribution in [2.45, 2.75) is 33.2 Å². The molecular weight excluding hydrogens is 301 g/mol. The number of hydrogen-bond donors (Lipinski definition) is 2. The Kier molecular flexibility index (Phi) is 5.26. The van der Waals surface area contributed by atoms with E-state index in [4.69, 9.17) is 5.73 Å². The number of nitrogens with two attached hydrogens (primary N) is 1. The van der Waals surface area contributed by atoms with Crippen LogP contribution in [0, 0.1) is 18.7 Å². The first kappa shape index (κ1) is 16.6. The summed E-state index contributed by atoms with van der Waals surface area (Å²) in [5.41, 5.74) is 7.22. The molecule has 0 aliphatic carbocycles. The van der Waals surface area contributed by atoms with Crippen LogP contribution in [0.2, 0.25) is 0 Å².